The van der Waals surface area contributed by atoms with Crippen LogP contribution in [0.3, 0.4) is 0 Å². The summed E-state index contributed by atoms with van der Waals surface area (Å²) in [4.78, 5) is 26.9. The average molecular weight is 266 g/mol. The summed E-state index contributed by atoms with van der Waals surface area (Å²) in [6.45, 7) is 8.60. The van der Waals surface area contributed by atoms with Gasteiger partial charge in [0.05, 0.1) is 0 Å². The summed E-state index contributed by atoms with van der Waals surface area (Å²) < 4.78 is 0. The maximum absolute atomic E-state index is 12.7. The van der Waals surface area contributed by atoms with Gasteiger partial charge < -0.3 is 10.2 Å². The Kier molecular flexibility index (Phi) is 3.88. The van der Waals surface area contributed by atoms with Gasteiger partial charge in [-0.05, 0) is 38.0 Å². The molecule has 1 saturated carbocycles. The Morgan fingerprint density at radius 2 is 2.00 bits per heavy atom. The number of amides is 2. The number of carbonyl (C=O) groups is 2. The van der Waals surface area contributed by atoms with Crippen LogP contribution in [0.4, 0.5) is 0 Å². The minimum absolute atomic E-state index is 0.00706. The predicted molar refractivity (Wildman–Crippen MR) is 74.5 cm³/mol. The average Bonchev–Trinajstić information content (AvgIpc) is 2.31. The summed E-state index contributed by atoms with van der Waals surface area (Å²) in [5.74, 6) is 0.841. The van der Waals surface area contributed by atoms with Crippen molar-refractivity contribution in [2.45, 2.75) is 65.0 Å². The van der Waals surface area contributed by atoms with Gasteiger partial charge in [0.15, 0.2) is 0 Å². The molecule has 19 heavy (non-hydrogen) atoms. The molecule has 0 aromatic rings. The van der Waals surface area contributed by atoms with Gasteiger partial charge in [0.2, 0.25) is 11.8 Å². The molecule has 4 nitrogen and oxygen atoms in total. The van der Waals surface area contributed by atoms with E-state index in [2.05, 4.69) is 5.32 Å². The number of rotatable bonds is 4. The van der Waals surface area contributed by atoms with Crippen molar-refractivity contribution in [3.8, 4) is 0 Å². The molecule has 0 spiro atoms. The molecule has 4 heteroatoms. The highest BCUT2D eigenvalue weighted by Crippen LogP contribution is 2.33. The fourth-order valence-corrected chi connectivity index (χ4v) is 2.92. The van der Waals surface area contributed by atoms with Gasteiger partial charge in [-0.25, -0.2) is 0 Å². The fraction of sp³-hybridized carbons (Fsp3) is 0.867. The standard InChI is InChI=1S/C15H26N2O2/c1-5-15(4)14(19)16-12(10(2)3)13(18)17(15)9-11-7-6-8-11/h10-12H,5-9H2,1-4H3,(H,16,19). The first-order valence-corrected chi connectivity index (χ1v) is 7.52. The van der Waals surface area contributed by atoms with Gasteiger partial charge in [-0.2, -0.15) is 0 Å². The second-order valence-corrected chi connectivity index (χ2v) is 6.57. The second-order valence-electron chi connectivity index (χ2n) is 6.57. The lowest BCUT2D eigenvalue weighted by molar-refractivity contribution is -0.159. The molecule has 1 saturated heterocycles. The Balaban J connectivity index is 2.24. The summed E-state index contributed by atoms with van der Waals surface area (Å²) in [6, 6.07) is -0.354. The van der Waals surface area contributed by atoms with Crippen LogP contribution in [0.15, 0.2) is 0 Å². The first-order valence-electron chi connectivity index (χ1n) is 7.52. The minimum atomic E-state index is -0.669. The molecule has 1 aliphatic heterocycles. The van der Waals surface area contributed by atoms with Crippen LogP contribution < -0.4 is 5.32 Å². The first kappa shape index (κ1) is 14.4. The Labute approximate surface area is 115 Å². The zero-order chi connectivity index (χ0) is 14.2. The van der Waals surface area contributed by atoms with E-state index in [9.17, 15) is 9.59 Å². The highest BCUT2D eigenvalue weighted by molar-refractivity contribution is 5.99. The minimum Gasteiger partial charge on any atom is -0.342 e. The number of piperazine rings is 1. The summed E-state index contributed by atoms with van der Waals surface area (Å²) in [6.07, 6.45) is 4.31. The lowest BCUT2D eigenvalue weighted by Gasteiger charge is -2.49. The molecule has 0 bridgehead atoms. The van der Waals surface area contributed by atoms with Crippen LogP contribution in [0.2, 0.25) is 0 Å². The molecule has 2 unspecified atom stereocenters. The molecule has 2 fully saturated rings. The highest BCUT2D eigenvalue weighted by Gasteiger charge is 2.49. The maximum atomic E-state index is 12.7. The van der Waals surface area contributed by atoms with Gasteiger partial charge in [0, 0.05) is 6.54 Å². The third-order valence-corrected chi connectivity index (χ3v) is 4.92. The molecule has 0 aromatic heterocycles. The predicted octanol–water partition coefficient (Wildman–Crippen LogP) is 1.94. The van der Waals surface area contributed by atoms with Crippen molar-refractivity contribution in [3.05, 3.63) is 0 Å². The summed E-state index contributed by atoms with van der Waals surface area (Å²) >= 11 is 0. The fourth-order valence-electron chi connectivity index (χ4n) is 2.92. The molecular formula is C15H26N2O2. The van der Waals surface area contributed by atoms with Gasteiger partial charge in [-0.1, -0.05) is 27.2 Å². The maximum Gasteiger partial charge on any atom is 0.246 e. The number of nitrogens with one attached hydrogen (secondary N) is 1. The monoisotopic (exact) mass is 266 g/mol. The van der Waals surface area contributed by atoms with E-state index in [1.807, 2.05) is 32.6 Å². The van der Waals surface area contributed by atoms with Crippen molar-refractivity contribution in [1.29, 1.82) is 0 Å². The van der Waals surface area contributed by atoms with E-state index in [0.29, 0.717) is 12.3 Å². The largest absolute Gasteiger partial charge is 0.342 e. The molecule has 2 amide bonds. The van der Waals surface area contributed by atoms with Gasteiger partial charge in [-0.3, -0.25) is 9.59 Å². The van der Waals surface area contributed by atoms with Gasteiger partial charge in [0.25, 0.3) is 0 Å². The van der Waals surface area contributed by atoms with E-state index in [1.54, 1.807) is 0 Å². The second kappa shape index (κ2) is 5.14. The van der Waals surface area contributed by atoms with Crippen molar-refractivity contribution in [2.75, 3.05) is 6.54 Å². The molecule has 1 N–H and O–H groups in total. The Bertz CT molecular complexity index is 376. The zero-order valence-corrected chi connectivity index (χ0v) is 12.5. The van der Waals surface area contributed by atoms with Crippen LogP contribution in [0.25, 0.3) is 0 Å². The van der Waals surface area contributed by atoms with Crippen molar-refractivity contribution in [1.82, 2.24) is 10.2 Å². The van der Waals surface area contributed by atoms with Crippen LogP contribution in [0.1, 0.15) is 53.4 Å². The van der Waals surface area contributed by atoms with Crippen LogP contribution in [-0.2, 0) is 9.59 Å². The Morgan fingerprint density at radius 3 is 2.42 bits per heavy atom. The molecule has 1 aliphatic carbocycles. The van der Waals surface area contributed by atoms with E-state index in [1.165, 1.54) is 19.3 Å². The third kappa shape index (κ3) is 2.37. The summed E-state index contributed by atoms with van der Waals surface area (Å²) in [5.41, 5.74) is -0.669. The molecular weight excluding hydrogens is 240 g/mol. The highest BCUT2D eigenvalue weighted by atomic mass is 16.2. The summed E-state index contributed by atoms with van der Waals surface area (Å²) in [5, 5.41) is 2.92. The number of nitrogens with zero attached hydrogens (tertiary/aromatic N) is 1. The lowest BCUT2D eigenvalue weighted by Crippen LogP contribution is -2.71. The first-order chi connectivity index (χ1) is 8.90. The van der Waals surface area contributed by atoms with Crippen LogP contribution in [0.5, 0.6) is 0 Å². The van der Waals surface area contributed by atoms with Crippen molar-refractivity contribution < 1.29 is 9.59 Å². The molecule has 108 valence electrons. The molecule has 0 aromatic carbocycles. The quantitative estimate of drug-likeness (QED) is 0.845. The van der Waals surface area contributed by atoms with Crippen molar-refractivity contribution in [3.63, 3.8) is 0 Å². The molecule has 2 aliphatic rings. The number of hydrogen-bond acceptors (Lipinski definition) is 2. The van der Waals surface area contributed by atoms with Crippen LogP contribution >= 0.6 is 0 Å². The van der Waals surface area contributed by atoms with Crippen molar-refractivity contribution >= 4 is 11.8 Å². The number of carbonyl (C=O) groups excluding carboxylic acids is 2. The number of hydrogen-bond donors (Lipinski definition) is 1. The van der Waals surface area contributed by atoms with E-state index >= 15 is 0 Å². The van der Waals surface area contributed by atoms with Crippen LogP contribution in [0, 0.1) is 11.8 Å². The zero-order valence-electron chi connectivity index (χ0n) is 12.5. The normalized spacial score (nSPS) is 32.5. The van der Waals surface area contributed by atoms with Crippen LogP contribution in [-0.4, -0.2) is 34.8 Å². The molecule has 0 radical (unpaired) electrons. The van der Waals surface area contributed by atoms with Crippen molar-refractivity contribution in [2.24, 2.45) is 11.8 Å². The van der Waals surface area contributed by atoms with E-state index in [-0.39, 0.29) is 23.8 Å². The topological polar surface area (TPSA) is 49.4 Å². The SMILES string of the molecule is CCC1(C)C(=O)NC(C(C)C)C(=O)N1CC1CCC1. The van der Waals surface area contributed by atoms with E-state index in [0.717, 1.165) is 6.54 Å². The van der Waals surface area contributed by atoms with Gasteiger partial charge in [0.1, 0.15) is 11.6 Å². The Hall–Kier alpha value is -1.06. The summed E-state index contributed by atoms with van der Waals surface area (Å²) in [7, 11) is 0. The van der Waals surface area contributed by atoms with E-state index < -0.39 is 5.54 Å². The van der Waals surface area contributed by atoms with E-state index in [4.69, 9.17) is 0 Å². The Morgan fingerprint density at radius 1 is 1.37 bits per heavy atom. The molecule has 2 rings (SSSR count). The molecule has 1 heterocycles. The smallest absolute Gasteiger partial charge is 0.246 e. The van der Waals surface area contributed by atoms with Gasteiger partial charge >= 0.3 is 0 Å². The molecule has 2 atom stereocenters. The lowest BCUT2D eigenvalue weighted by atomic mass is 9.81. The third-order valence-electron chi connectivity index (χ3n) is 4.92. The van der Waals surface area contributed by atoms with Gasteiger partial charge in [-0.15, -0.1) is 0 Å².